The summed E-state index contributed by atoms with van der Waals surface area (Å²) in [5, 5.41) is 12.9. The maximum atomic E-state index is 12.1. The summed E-state index contributed by atoms with van der Waals surface area (Å²) in [6, 6.07) is 11.4. The maximum Gasteiger partial charge on any atom is 0.255 e. The van der Waals surface area contributed by atoms with Crippen LogP contribution >= 0.6 is 11.6 Å². The number of hydrogen-bond donors (Lipinski definition) is 3. The van der Waals surface area contributed by atoms with Gasteiger partial charge in [0.25, 0.3) is 5.91 Å². The molecule has 0 aromatic heterocycles. The molecule has 2 rings (SSSR count). The molecular formula is C15H15ClN2O2. The van der Waals surface area contributed by atoms with Crippen LogP contribution in [0.2, 0.25) is 5.02 Å². The largest absolute Gasteiger partial charge is 0.507 e. The first kappa shape index (κ1) is 14.2. The zero-order valence-electron chi connectivity index (χ0n) is 10.9. The van der Waals surface area contributed by atoms with Crippen LogP contribution in [0.5, 0.6) is 5.75 Å². The summed E-state index contributed by atoms with van der Waals surface area (Å²) in [7, 11) is 0. The normalized spacial score (nSPS) is 11.9. The molecule has 5 heteroatoms. The molecule has 0 aliphatic heterocycles. The van der Waals surface area contributed by atoms with Crippen LogP contribution in [0.4, 0.5) is 5.69 Å². The average molecular weight is 291 g/mol. The Balaban J connectivity index is 2.20. The summed E-state index contributed by atoms with van der Waals surface area (Å²) >= 11 is 5.83. The second-order valence-corrected chi connectivity index (χ2v) is 4.92. The molecule has 0 aliphatic rings. The van der Waals surface area contributed by atoms with Gasteiger partial charge in [0, 0.05) is 10.7 Å². The molecule has 0 saturated heterocycles. The second-order valence-electron chi connectivity index (χ2n) is 4.49. The molecule has 4 nitrogen and oxygen atoms in total. The third-order valence-electron chi connectivity index (χ3n) is 3.01. The Morgan fingerprint density at radius 2 is 2.00 bits per heavy atom. The summed E-state index contributed by atoms with van der Waals surface area (Å²) in [4.78, 5) is 12.1. The van der Waals surface area contributed by atoms with Gasteiger partial charge in [0.05, 0.1) is 11.6 Å². The fourth-order valence-corrected chi connectivity index (χ4v) is 2.12. The van der Waals surface area contributed by atoms with Crippen LogP contribution in [-0.2, 0) is 0 Å². The highest BCUT2D eigenvalue weighted by molar-refractivity contribution is 6.31. The molecule has 0 bridgehead atoms. The Morgan fingerprint density at radius 3 is 2.70 bits per heavy atom. The fourth-order valence-electron chi connectivity index (χ4n) is 1.95. The Hall–Kier alpha value is -2.20. The quantitative estimate of drug-likeness (QED) is 0.760. The van der Waals surface area contributed by atoms with E-state index in [2.05, 4.69) is 5.32 Å². The number of phenolic OH excluding ortho intramolecular Hbond substituents is 1. The van der Waals surface area contributed by atoms with E-state index in [1.165, 1.54) is 18.2 Å². The lowest BCUT2D eigenvalue weighted by Gasteiger charge is -2.16. The molecular weight excluding hydrogens is 276 g/mol. The van der Waals surface area contributed by atoms with E-state index in [1.807, 2.05) is 25.1 Å². The van der Waals surface area contributed by atoms with E-state index in [1.54, 1.807) is 6.07 Å². The van der Waals surface area contributed by atoms with Gasteiger partial charge in [-0.3, -0.25) is 4.79 Å². The highest BCUT2D eigenvalue weighted by Gasteiger charge is 2.16. The van der Waals surface area contributed by atoms with Crippen molar-refractivity contribution in [3.8, 4) is 5.75 Å². The van der Waals surface area contributed by atoms with Crippen LogP contribution in [0.25, 0.3) is 0 Å². The average Bonchev–Trinajstić information content (AvgIpc) is 2.41. The van der Waals surface area contributed by atoms with Crippen LogP contribution in [-0.4, -0.2) is 11.0 Å². The Bertz CT molecular complexity index is 644. The first-order valence-corrected chi connectivity index (χ1v) is 6.50. The first-order valence-electron chi connectivity index (χ1n) is 6.13. The Kier molecular flexibility index (Phi) is 4.15. The van der Waals surface area contributed by atoms with Crippen LogP contribution in [0.1, 0.15) is 28.9 Å². The molecule has 1 amide bonds. The summed E-state index contributed by atoms with van der Waals surface area (Å²) < 4.78 is 0. The zero-order valence-corrected chi connectivity index (χ0v) is 11.7. The van der Waals surface area contributed by atoms with E-state index in [4.69, 9.17) is 17.3 Å². The van der Waals surface area contributed by atoms with Crippen molar-refractivity contribution in [2.45, 2.75) is 13.0 Å². The molecule has 2 aromatic carbocycles. The lowest BCUT2D eigenvalue weighted by molar-refractivity contribution is 0.0937. The van der Waals surface area contributed by atoms with Gasteiger partial charge >= 0.3 is 0 Å². The minimum atomic E-state index is -0.402. The summed E-state index contributed by atoms with van der Waals surface area (Å²) in [5.41, 5.74) is 7.43. The maximum absolute atomic E-state index is 12.1. The number of rotatable bonds is 3. The number of anilines is 1. The lowest BCUT2D eigenvalue weighted by atomic mass is 10.1. The molecule has 0 heterocycles. The van der Waals surface area contributed by atoms with Gasteiger partial charge in [0.15, 0.2) is 0 Å². The molecule has 0 aliphatic carbocycles. The molecule has 1 atom stereocenters. The van der Waals surface area contributed by atoms with Crippen LogP contribution in [0.15, 0.2) is 42.5 Å². The van der Waals surface area contributed by atoms with Gasteiger partial charge in [-0.15, -0.1) is 0 Å². The van der Waals surface area contributed by atoms with Gasteiger partial charge in [0.1, 0.15) is 5.75 Å². The first-order chi connectivity index (χ1) is 9.49. The predicted octanol–water partition coefficient (Wildman–Crippen LogP) is 3.12. The number of nitrogens with one attached hydrogen (secondary N) is 1. The highest BCUT2D eigenvalue weighted by atomic mass is 35.5. The fraction of sp³-hybridized carbons (Fsp3) is 0.133. The van der Waals surface area contributed by atoms with Crippen molar-refractivity contribution < 1.29 is 9.90 Å². The molecule has 0 saturated carbocycles. The molecule has 0 fully saturated rings. The van der Waals surface area contributed by atoms with E-state index < -0.39 is 5.91 Å². The lowest BCUT2D eigenvalue weighted by Crippen LogP contribution is -2.27. The van der Waals surface area contributed by atoms with Gasteiger partial charge in [-0.05, 0) is 36.8 Å². The Morgan fingerprint density at radius 1 is 1.30 bits per heavy atom. The van der Waals surface area contributed by atoms with Crippen molar-refractivity contribution in [3.05, 3.63) is 58.6 Å². The Labute approximate surface area is 122 Å². The van der Waals surface area contributed by atoms with Gasteiger partial charge in [0.2, 0.25) is 0 Å². The number of amides is 1. The van der Waals surface area contributed by atoms with Gasteiger partial charge in [-0.25, -0.2) is 0 Å². The number of aromatic hydroxyl groups is 1. The second kappa shape index (κ2) is 5.84. The number of hydrogen-bond acceptors (Lipinski definition) is 3. The number of nitrogens with two attached hydrogens (primary N) is 1. The highest BCUT2D eigenvalue weighted by Crippen LogP contribution is 2.24. The number of benzene rings is 2. The molecule has 2 aromatic rings. The van der Waals surface area contributed by atoms with Crippen molar-refractivity contribution >= 4 is 23.2 Å². The number of carbonyl (C=O) groups is 1. The van der Waals surface area contributed by atoms with Crippen molar-refractivity contribution in [1.29, 1.82) is 0 Å². The molecule has 4 N–H and O–H groups in total. The summed E-state index contributed by atoms with van der Waals surface area (Å²) in [5.74, 6) is -0.513. The van der Waals surface area contributed by atoms with Gasteiger partial charge in [-0.1, -0.05) is 29.8 Å². The number of carbonyl (C=O) groups excluding carboxylic acids is 1. The van der Waals surface area contributed by atoms with Gasteiger partial charge < -0.3 is 16.2 Å². The molecule has 104 valence electrons. The monoisotopic (exact) mass is 290 g/mol. The van der Waals surface area contributed by atoms with Crippen LogP contribution < -0.4 is 11.1 Å². The van der Waals surface area contributed by atoms with E-state index in [0.29, 0.717) is 10.7 Å². The topological polar surface area (TPSA) is 75.3 Å². The zero-order chi connectivity index (χ0) is 14.7. The third kappa shape index (κ3) is 3.03. The van der Waals surface area contributed by atoms with Crippen molar-refractivity contribution in [2.75, 3.05) is 5.73 Å². The smallest absolute Gasteiger partial charge is 0.255 e. The number of phenols is 1. The molecule has 0 radical (unpaired) electrons. The minimum Gasteiger partial charge on any atom is -0.507 e. The van der Waals surface area contributed by atoms with E-state index in [9.17, 15) is 9.90 Å². The summed E-state index contributed by atoms with van der Waals surface area (Å²) in [6.45, 7) is 1.82. The molecule has 1 unspecified atom stereocenters. The summed E-state index contributed by atoms with van der Waals surface area (Å²) in [6.07, 6.45) is 0. The van der Waals surface area contributed by atoms with E-state index >= 15 is 0 Å². The van der Waals surface area contributed by atoms with E-state index in [-0.39, 0.29) is 17.4 Å². The van der Waals surface area contributed by atoms with Crippen LogP contribution in [0, 0.1) is 0 Å². The number of halogens is 1. The van der Waals surface area contributed by atoms with E-state index in [0.717, 1.165) is 5.56 Å². The van der Waals surface area contributed by atoms with Crippen molar-refractivity contribution in [2.24, 2.45) is 0 Å². The van der Waals surface area contributed by atoms with Gasteiger partial charge in [-0.2, -0.15) is 0 Å². The standard InChI is InChI=1S/C15H15ClN2O2/c1-9(11-4-2-3-5-13(11)17)18-15(20)12-8-10(16)6-7-14(12)19/h2-9,19H,17H2,1H3,(H,18,20). The van der Waals surface area contributed by atoms with Crippen molar-refractivity contribution in [1.82, 2.24) is 5.32 Å². The van der Waals surface area contributed by atoms with Crippen molar-refractivity contribution in [3.63, 3.8) is 0 Å². The predicted molar refractivity (Wildman–Crippen MR) is 79.9 cm³/mol. The molecule has 20 heavy (non-hydrogen) atoms. The third-order valence-corrected chi connectivity index (χ3v) is 3.25. The minimum absolute atomic E-state index is 0.111. The van der Waals surface area contributed by atoms with Crippen LogP contribution in [0.3, 0.4) is 0 Å². The number of nitrogen functional groups attached to an aromatic ring is 1. The SMILES string of the molecule is CC(NC(=O)c1cc(Cl)ccc1O)c1ccccc1N. The number of para-hydroxylation sites is 1. The molecule has 0 spiro atoms.